The molecule has 0 heterocycles. The summed E-state index contributed by atoms with van der Waals surface area (Å²) in [6, 6.07) is 0. The zero-order valence-corrected chi connectivity index (χ0v) is 8.68. The number of carbonyl (C=O) groups is 1. The van der Waals surface area contributed by atoms with E-state index in [0.29, 0.717) is 6.61 Å². The van der Waals surface area contributed by atoms with Gasteiger partial charge in [0.1, 0.15) is 6.61 Å². The number of allylic oxidation sites excluding steroid dienone is 1. The van der Waals surface area contributed by atoms with Gasteiger partial charge in [0.25, 0.3) is 0 Å². The minimum atomic E-state index is -0.398. The van der Waals surface area contributed by atoms with Crippen LogP contribution < -0.4 is 0 Å². The predicted molar refractivity (Wildman–Crippen MR) is 47.4 cm³/mol. The molecule has 0 aliphatic rings. The minimum Gasteiger partial charge on any atom is -0.460 e. The summed E-state index contributed by atoms with van der Waals surface area (Å²) in [4.78, 5) is 10.7. The number of ether oxygens (including phenoxy) is 1. The van der Waals surface area contributed by atoms with Gasteiger partial charge >= 0.3 is 5.97 Å². The van der Waals surface area contributed by atoms with Gasteiger partial charge < -0.3 is 4.74 Å². The molecule has 0 rings (SSSR count). The molecular weight excluding hydrogens is 264 g/mol. The van der Waals surface area contributed by atoms with E-state index in [1.807, 2.05) is 13.0 Å². The minimum absolute atomic E-state index is 0.307. The molecule has 0 aromatic carbocycles. The molecule has 2 nitrogen and oxygen atoms in total. The summed E-state index contributed by atoms with van der Waals surface area (Å²) in [5.41, 5.74) is 0. The van der Waals surface area contributed by atoms with Crippen LogP contribution in [0.2, 0.25) is 0 Å². The monoisotopic (exact) mass is 270 g/mol. The van der Waals surface area contributed by atoms with Crippen LogP contribution in [0, 0.1) is 0 Å². The van der Waals surface area contributed by atoms with Crippen LogP contribution in [0.3, 0.4) is 0 Å². The van der Waals surface area contributed by atoms with Crippen LogP contribution in [-0.2, 0) is 9.53 Å². The van der Waals surface area contributed by atoms with E-state index in [1.54, 1.807) is 6.08 Å². The fourth-order valence-corrected chi connectivity index (χ4v) is 0.554. The molecular formula is C6H8Br2O2. The van der Waals surface area contributed by atoms with Crippen LogP contribution in [0.1, 0.15) is 6.92 Å². The normalized spacial score (nSPS) is 10.8. The van der Waals surface area contributed by atoms with Gasteiger partial charge in [-0.05, 0) is 6.92 Å². The van der Waals surface area contributed by atoms with Gasteiger partial charge in [-0.15, -0.1) is 0 Å². The molecule has 0 unspecified atom stereocenters. The Morgan fingerprint density at radius 3 is 2.70 bits per heavy atom. The quantitative estimate of drug-likeness (QED) is 0.447. The fourth-order valence-electron chi connectivity index (χ4n) is 0.289. The molecule has 0 amide bonds. The average molecular weight is 272 g/mol. The Bertz CT molecular complexity index is 132. The summed E-state index contributed by atoms with van der Waals surface area (Å²) >= 11 is 6.02. The van der Waals surface area contributed by atoms with E-state index >= 15 is 0 Å². The third-order valence-corrected chi connectivity index (χ3v) is 1.48. The number of halogens is 2. The van der Waals surface area contributed by atoms with E-state index < -0.39 is 3.74 Å². The van der Waals surface area contributed by atoms with Gasteiger partial charge in [-0.2, -0.15) is 0 Å². The summed E-state index contributed by atoms with van der Waals surface area (Å²) in [6.45, 7) is 2.20. The Hall–Kier alpha value is 0.170. The van der Waals surface area contributed by atoms with Crippen molar-refractivity contribution in [2.75, 3.05) is 6.61 Å². The molecule has 10 heavy (non-hydrogen) atoms. The molecule has 0 saturated heterocycles. The summed E-state index contributed by atoms with van der Waals surface area (Å²) < 4.78 is 4.33. The molecule has 0 aromatic heterocycles. The second kappa shape index (κ2) is 5.92. The molecule has 0 fully saturated rings. The lowest BCUT2D eigenvalue weighted by Crippen LogP contribution is -2.11. The molecule has 0 saturated carbocycles. The van der Waals surface area contributed by atoms with Crippen molar-refractivity contribution in [2.24, 2.45) is 0 Å². The SMILES string of the molecule is C/C=C/COC(=O)C(Br)Br. The molecule has 0 radical (unpaired) electrons. The lowest BCUT2D eigenvalue weighted by Gasteiger charge is -2.00. The number of hydrogen-bond donors (Lipinski definition) is 0. The molecule has 0 aliphatic carbocycles. The van der Waals surface area contributed by atoms with Gasteiger partial charge in [-0.25, -0.2) is 4.79 Å². The van der Waals surface area contributed by atoms with Crippen LogP contribution in [0.15, 0.2) is 12.2 Å². The number of rotatable bonds is 3. The van der Waals surface area contributed by atoms with E-state index in [0.717, 1.165) is 0 Å². The molecule has 0 aliphatic heterocycles. The highest BCUT2D eigenvalue weighted by atomic mass is 79.9. The summed E-state index contributed by atoms with van der Waals surface area (Å²) in [5, 5.41) is 0. The van der Waals surface area contributed by atoms with Crippen LogP contribution in [0.4, 0.5) is 0 Å². The second-order valence-corrected chi connectivity index (χ2v) is 4.56. The predicted octanol–water partition coefficient (Wildman–Crippen LogP) is 2.22. The first-order valence-corrected chi connectivity index (χ1v) is 4.57. The van der Waals surface area contributed by atoms with Crippen molar-refractivity contribution in [3.8, 4) is 0 Å². The molecule has 0 spiro atoms. The topological polar surface area (TPSA) is 26.3 Å². The van der Waals surface area contributed by atoms with Crippen molar-refractivity contribution < 1.29 is 9.53 Å². The Morgan fingerprint density at radius 2 is 2.30 bits per heavy atom. The van der Waals surface area contributed by atoms with Crippen LogP contribution in [0.5, 0.6) is 0 Å². The first kappa shape index (κ1) is 10.2. The Labute approximate surface area is 76.9 Å². The fraction of sp³-hybridized carbons (Fsp3) is 0.500. The van der Waals surface area contributed by atoms with Crippen LogP contribution in [-0.4, -0.2) is 16.3 Å². The van der Waals surface area contributed by atoms with Crippen molar-refractivity contribution in [1.29, 1.82) is 0 Å². The number of alkyl halides is 2. The molecule has 0 aromatic rings. The molecule has 4 heteroatoms. The van der Waals surface area contributed by atoms with Crippen LogP contribution >= 0.6 is 31.9 Å². The molecule has 0 N–H and O–H groups in total. The summed E-state index contributed by atoms with van der Waals surface area (Å²) in [6.07, 6.45) is 3.59. The molecule has 0 bridgehead atoms. The van der Waals surface area contributed by atoms with Crippen molar-refractivity contribution >= 4 is 37.8 Å². The largest absolute Gasteiger partial charge is 0.460 e. The highest BCUT2D eigenvalue weighted by Crippen LogP contribution is 2.09. The number of carbonyl (C=O) groups excluding carboxylic acids is 1. The summed E-state index contributed by atoms with van der Waals surface area (Å²) in [5.74, 6) is -0.307. The van der Waals surface area contributed by atoms with E-state index in [9.17, 15) is 4.79 Å². The highest BCUT2D eigenvalue weighted by molar-refractivity contribution is 9.25. The lowest BCUT2D eigenvalue weighted by molar-refractivity contribution is -0.139. The Morgan fingerprint density at radius 1 is 1.70 bits per heavy atom. The first-order chi connectivity index (χ1) is 4.68. The summed E-state index contributed by atoms with van der Waals surface area (Å²) in [7, 11) is 0. The standard InChI is InChI=1S/C6H8Br2O2/c1-2-3-4-10-6(9)5(7)8/h2-3,5H,4H2,1H3/b3-2+. The van der Waals surface area contributed by atoms with Gasteiger partial charge in [-0.1, -0.05) is 44.0 Å². The third-order valence-electron chi connectivity index (χ3n) is 0.736. The van der Waals surface area contributed by atoms with Gasteiger partial charge in [0.2, 0.25) is 0 Å². The smallest absolute Gasteiger partial charge is 0.330 e. The van der Waals surface area contributed by atoms with E-state index in [1.165, 1.54) is 0 Å². The third kappa shape index (κ3) is 4.99. The Balaban J connectivity index is 3.40. The van der Waals surface area contributed by atoms with E-state index in [2.05, 4.69) is 31.9 Å². The second-order valence-electron chi connectivity index (χ2n) is 1.50. The molecule has 0 atom stereocenters. The van der Waals surface area contributed by atoms with Crippen LogP contribution in [0.25, 0.3) is 0 Å². The highest BCUT2D eigenvalue weighted by Gasteiger charge is 2.09. The zero-order chi connectivity index (χ0) is 7.98. The van der Waals surface area contributed by atoms with Crippen molar-refractivity contribution in [2.45, 2.75) is 10.7 Å². The van der Waals surface area contributed by atoms with Crippen molar-refractivity contribution in [3.63, 3.8) is 0 Å². The van der Waals surface area contributed by atoms with Gasteiger partial charge in [-0.3, -0.25) is 0 Å². The first-order valence-electron chi connectivity index (χ1n) is 2.74. The maximum absolute atomic E-state index is 10.7. The lowest BCUT2D eigenvalue weighted by atomic mass is 10.5. The number of esters is 1. The molecule has 58 valence electrons. The van der Waals surface area contributed by atoms with Gasteiger partial charge in [0.15, 0.2) is 3.74 Å². The maximum Gasteiger partial charge on any atom is 0.330 e. The average Bonchev–Trinajstić information content (AvgIpc) is 1.88. The number of hydrogen-bond acceptors (Lipinski definition) is 2. The van der Waals surface area contributed by atoms with Crippen molar-refractivity contribution in [1.82, 2.24) is 0 Å². The van der Waals surface area contributed by atoms with Gasteiger partial charge in [0, 0.05) is 0 Å². The van der Waals surface area contributed by atoms with E-state index in [-0.39, 0.29) is 5.97 Å². The van der Waals surface area contributed by atoms with Crippen molar-refractivity contribution in [3.05, 3.63) is 12.2 Å². The van der Waals surface area contributed by atoms with Gasteiger partial charge in [0.05, 0.1) is 0 Å². The van der Waals surface area contributed by atoms with E-state index in [4.69, 9.17) is 4.74 Å². The Kier molecular flexibility index (Phi) is 6.02. The zero-order valence-electron chi connectivity index (χ0n) is 5.51. The maximum atomic E-state index is 10.7.